The molecule has 0 bridgehead atoms. The summed E-state index contributed by atoms with van der Waals surface area (Å²) in [6, 6.07) is 17.0. The van der Waals surface area contributed by atoms with Gasteiger partial charge >= 0.3 is 0 Å². The molecule has 1 aliphatic carbocycles. The highest BCUT2D eigenvalue weighted by molar-refractivity contribution is 6.31. The topological polar surface area (TPSA) is 78.1 Å². The Bertz CT molecular complexity index is 1420. The molecule has 0 saturated heterocycles. The van der Waals surface area contributed by atoms with Crippen LogP contribution in [0.2, 0.25) is 5.02 Å². The van der Waals surface area contributed by atoms with Crippen LogP contribution in [0.3, 0.4) is 0 Å². The molecule has 0 fully saturated rings. The minimum atomic E-state index is -0.448. The Labute approximate surface area is 220 Å². The molecule has 0 saturated carbocycles. The summed E-state index contributed by atoms with van der Waals surface area (Å²) < 4.78 is 22.4. The summed E-state index contributed by atoms with van der Waals surface area (Å²) in [5.74, 6) is 2.63. The van der Waals surface area contributed by atoms with Crippen molar-refractivity contribution < 1.29 is 23.7 Å². The van der Waals surface area contributed by atoms with E-state index in [9.17, 15) is 4.79 Å². The number of ketones is 1. The van der Waals surface area contributed by atoms with Crippen LogP contribution in [0.25, 0.3) is 0 Å². The summed E-state index contributed by atoms with van der Waals surface area (Å²) in [5, 5.41) is 7.65. The third-order valence-corrected chi connectivity index (χ3v) is 7.40. The fraction of sp³-hybridized carbons (Fsp3) is 0.276. The van der Waals surface area contributed by atoms with Crippen LogP contribution in [0.4, 0.5) is 11.4 Å². The Morgan fingerprint density at radius 2 is 1.78 bits per heavy atom. The summed E-state index contributed by atoms with van der Waals surface area (Å²) in [5.41, 5.74) is 5.17. The number of benzene rings is 3. The standard InChI is InChI=1S/C29H27ClN2O5/c1-3-35-24-9-8-16(12-25(24)34-2)17-10-22-28(23(33)11-17)29(32-21-7-5-4-6-20(21)31-22)18-13-26-27(14-19(18)30)37-15-36-26/h4-9,12-14,17,29,31-32H,3,10-11,15H2,1-2H3/t17-,29+/m0/s1. The van der Waals surface area contributed by atoms with Crippen LogP contribution < -0.4 is 29.6 Å². The molecule has 3 aromatic carbocycles. The molecule has 0 unspecified atom stereocenters. The van der Waals surface area contributed by atoms with E-state index in [0.29, 0.717) is 53.0 Å². The lowest BCUT2D eigenvalue weighted by atomic mass is 9.78. The van der Waals surface area contributed by atoms with E-state index in [2.05, 4.69) is 10.6 Å². The number of halogens is 1. The number of para-hydroxylation sites is 2. The van der Waals surface area contributed by atoms with Crippen molar-refractivity contribution in [3.8, 4) is 23.0 Å². The quantitative estimate of drug-likeness (QED) is 0.401. The maximum atomic E-state index is 13.9. The lowest BCUT2D eigenvalue weighted by molar-refractivity contribution is -0.116. The minimum absolute atomic E-state index is 0.0125. The molecule has 0 amide bonds. The molecule has 0 spiro atoms. The number of allylic oxidation sites excluding steroid dienone is 1. The molecule has 3 aromatic rings. The summed E-state index contributed by atoms with van der Waals surface area (Å²) >= 11 is 6.74. The molecule has 2 aliphatic heterocycles. The maximum Gasteiger partial charge on any atom is 0.231 e. The van der Waals surface area contributed by atoms with Crippen molar-refractivity contribution in [3.63, 3.8) is 0 Å². The zero-order valence-electron chi connectivity index (χ0n) is 20.6. The van der Waals surface area contributed by atoms with Gasteiger partial charge in [0.25, 0.3) is 0 Å². The summed E-state index contributed by atoms with van der Waals surface area (Å²) in [7, 11) is 1.63. The van der Waals surface area contributed by atoms with Crippen LogP contribution >= 0.6 is 11.6 Å². The number of anilines is 2. The number of nitrogens with one attached hydrogen (secondary N) is 2. The van der Waals surface area contributed by atoms with Crippen LogP contribution in [0, 0.1) is 0 Å². The molecular weight excluding hydrogens is 492 g/mol. The Kier molecular flexibility index (Phi) is 6.08. The molecule has 6 rings (SSSR count). The summed E-state index contributed by atoms with van der Waals surface area (Å²) in [6.07, 6.45) is 1.03. The van der Waals surface area contributed by atoms with Crippen molar-refractivity contribution in [1.82, 2.24) is 0 Å². The Morgan fingerprint density at radius 1 is 1.00 bits per heavy atom. The highest BCUT2D eigenvalue weighted by Gasteiger charge is 2.37. The molecule has 0 radical (unpaired) electrons. The van der Waals surface area contributed by atoms with Gasteiger partial charge in [-0.2, -0.15) is 0 Å². The predicted octanol–water partition coefficient (Wildman–Crippen LogP) is 6.46. The van der Waals surface area contributed by atoms with Crippen LogP contribution in [-0.4, -0.2) is 26.3 Å². The monoisotopic (exact) mass is 518 g/mol. The van der Waals surface area contributed by atoms with Gasteiger partial charge in [0.2, 0.25) is 6.79 Å². The average Bonchev–Trinajstić information content (AvgIpc) is 3.28. The number of carbonyl (C=O) groups is 1. The molecule has 2 N–H and O–H groups in total. The van der Waals surface area contributed by atoms with Crippen molar-refractivity contribution in [1.29, 1.82) is 0 Å². The van der Waals surface area contributed by atoms with Crippen LogP contribution in [-0.2, 0) is 4.79 Å². The molecule has 3 aliphatic rings. The molecule has 2 atom stereocenters. The van der Waals surface area contributed by atoms with Crippen molar-refractivity contribution in [2.75, 3.05) is 31.1 Å². The van der Waals surface area contributed by atoms with E-state index < -0.39 is 6.04 Å². The first-order valence-corrected chi connectivity index (χ1v) is 12.7. The molecular formula is C29H27ClN2O5. The third-order valence-electron chi connectivity index (χ3n) is 7.07. The largest absolute Gasteiger partial charge is 0.493 e. The first-order chi connectivity index (χ1) is 18.1. The Balaban J connectivity index is 1.43. The first kappa shape index (κ1) is 23.6. The first-order valence-electron chi connectivity index (χ1n) is 12.3. The van der Waals surface area contributed by atoms with Gasteiger partial charge in [0, 0.05) is 29.3 Å². The van der Waals surface area contributed by atoms with Crippen LogP contribution in [0.15, 0.2) is 65.9 Å². The highest BCUT2D eigenvalue weighted by Crippen LogP contribution is 2.48. The van der Waals surface area contributed by atoms with Crippen molar-refractivity contribution in [2.24, 2.45) is 0 Å². The summed E-state index contributed by atoms with van der Waals surface area (Å²) in [6.45, 7) is 2.64. The SMILES string of the molecule is CCOc1ccc([C@@H]2CC(=O)C3=C(C2)Nc2ccccc2N[C@@H]3c2cc3c(cc2Cl)OCO3)cc1OC. The van der Waals surface area contributed by atoms with Gasteiger partial charge in [-0.25, -0.2) is 0 Å². The number of rotatable bonds is 5. The normalized spacial score (nSPS) is 19.8. The number of hydrogen-bond donors (Lipinski definition) is 2. The van der Waals surface area contributed by atoms with E-state index >= 15 is 0 Å². The minimum Gasteiger partial charge on any atom is -0.493 e. The number of fused-ring (bicyclic) bond motifs is 2. The Morgan fingerprint density at radius 3 is 2.57 bits per heavy atom. The molecule has 37 heavy (non-hydrogen) atoms. The van der Waals surface area contributed by atoms with Crippen molar-refractivity contribution in [2.45, 2.75) is 31.7 Å². The second-order valence-electron chi connectivity index (χ2n) is 9.24. The molecule has 7 nitrogen and oxygen atoms in total. The lowest BCUT2D eigenvalue weighted by Crippen LogP contribution is -2.27. The maximum absolute atomic E-state index is 13.9. The smallest absolute Gasteiger partial charge is 0.231 e. The van der Waals surface area contributed by atoms with E-state index in [-0.39, 0.29) is 18.5 Å². The number of ether oxygens (including phenoxy) is 4. The molecule has 8 heteroatoms. The third kappa shape index (κ3) is 4.23. The predicted molar refractivity (Wildman–Crippen MR) is 142 cm³/mol. The van der Waals surface area contributed by atoms with E-state index in [1.54, 1.807) is 13.2 Å². The van der Waals surface area contributed by atoms with E-state index in [1.807, 2.05) is 55.5 Å². The average molecular weight is 519 g/mol. The van der Waals surface area contributed by atoms with E-state index in [1.165, 1.54) is 0 Å². The molecule has 190 valence electrons. The van der Waals surface area contributed by atoms with Gasteiger partial charge in [-0.3, -0.25) is 4.79 Å². The van der Waals surface area contributed by atoms with Crippen molar-refractivity contribution >= 4 is 28.8 Å². The van der Waals surface area contributed by atoms with Gasteiger partial charge in [-0.15, -0.1) is 0 Å². The summed E-state index contributed by atoms with van der Waals surface area (Å²) in [4.78, 5) is 13.9. The number of Topliss-reactive ketones (excluding diaryl/α,β-unsaturated/α-hetero) is 1. The van der Waals surface area contributed by atoms with Gasteiger partial charge < -0.3 is 29.6 Å². The second-order valence-corrected chi connectivity index (χ2v) is 9.65. The van der Waals surface area contributed by atoms with Crippen LogP contribution in [0.1, 0.15) is 42.9 Å². The zero-order valence-corrected chi connectivity index (χ0v) is 21.4. The number of hydrogen-bond acceptors (Lipinski definition) is 7. The lowest BCUT2D eigenvalue weighted by Gasteiger charge is -2.30. The zero-order chi connectivity index (χ0) is 25.5. The highest BCUT2D eigenvalue weighted by atomic mass is 35.5. The van der Waals surface area contributed by atoms with Gasteiger partial charge in [-0.05, 0) is 55.2 Å². The molecule has 0 aromatic heterocycles. The van der Waals surface area contributed by atoms with Gasteiger partial charge in [0.05, 0.1) is 36.2 Å². The van der Waals surface area contributed by atoms with Gasteiger partial charge in [0.15, 0.2) is 28.8 Å². The fourth-order valence-corrected chi connectivity index (χ4v) is 5.59. The van der Waals surface area contributed by atoms with Crippen molar-refractivity contribution in [3.05, 3.63) is 82.0 Å². The number of methoxy groups -OCH3 is 1. The number of carbonyl (C=O) groups excluding carboxylic acids is 1. The van der Waals surface area contributed by atoms with Crippen LogP contribution in [0.5, 0.6) is 23.0 Å². The second kappa shape index (κ2) is 9.56. The molecule has 2 heterocycles. The van der Waals surface area contributed by atoms with E-state index in [0.717, 1.165) is 28.2 Å². The van der Waals surface area contributed by atoms with E-state index in [4.69, 9.17) is 30.5 Å². The Hall–Kier alpha value is -3.84. The fourth-order valence-electron chi connectivity index (χ4n) is 5.33. The van der Waals surface area contributed by atoms with Gasteiger partial charge in [-0.1, -0.05) is 29.8 Å². The van der Waals surface area contributed by atoms with Gasteiger partial charge in [0.1, 0.15) is 0 Å².